The SMILES string of the molecule is COc1cccc(OCCOCCn2cnc3ccccc3c2=O)c1. The molecule has 0 aliphatic carbocycles. The van der Waals surface area contributed by atoms with Gasteiger partial charge in [0.1, 0.15) is 18.1 Å². The fourth-order valence-electron chi connectivity index (χ4n) is 2.44. The van der Waals surface area contributed by atoms with E-state index in [0.29, 0.717) is 37.3 Å². The Bertz CT molecular complexity index is 892. The van der Waals surface area contributed by atoms with Crippen LogP contribution in [0, 0.1) is 0 Å². The maximum Gasteiger partial charge on any atom is 0.261 e. The van der Waals surface area contributed by atoms with Gasteiger partial charge in [-0.1, -0.05) is 18.2 Å². The van der Waals surface area contributed by atoms with Crippen LogP contribution in [-0.4, -0.2) is 36.5 Å². The van der Waals surface area contributed by atoms with Crippen molar-refractivity contribution >= 4 is 10.9 Å². The van der Waals surface area contributed by atoms with Gasteiger partial charge in [0, 0.05) is 6.07 Å². The Hall–Kier alpha value is -2.86. The summed E-state index contributed by atoms with van der Waals surface area (Å²) in [6, 6.07) is 14.7. The van der Waals surface area contributed by atoms with Gasteiger partial charge in [0.25, 0.3) is 5.56 Å². The van der Waals surface area contributed by atoms with E-state index in [1.165, 1.54) is 0 Å². The molecule has 0 unspecified atom stereocenters. The summed E-state index contributed by atoms with van der Waals surface area (Å²) in [7, 11) is 1.62. The predicted octanol–water partition coefficient (Wildman–Crippen LogP) is 2.50. The normalized spacial score (nSPS) is 10.8. The van der Waals surface area contributed by atoms with Crippen LogP contribution < -0.4 is 15.0 Å². The van der Waals surface area contributed by atoms with Gasteiger partial charge >= 0.3 is 0 Å². The summed E-state index contributed by atoms with van der Waals surface area (Å²) in [5.41, 5.74) is 0.651. The number of ether oxygens (including phenoxy) is 3. The van der Waals surface area contributed by atoms with Gasteiger partial charge < -0.3 is 14.2 Å². The zero-order valence-corrected chi connectivity index (χ0v) is 14.1. The van der Waals surface area contributed by atoms with Crippen molar-refractivity contribution in [1.82, 2.24) is 9.55 Å². The number of hydrogen-bond acceptors (Lipinski definition) is 5. The van der Waals surface area contributed by atoms with Gasteiger partial charge in [0.15, 0.2) is 0 Å². The van der Waals surface area contributed by atoms with Crippen LogP contribution in [-0.2, 0) is 11.3 Å². The molecule has 0 fully saturated rings. The average Bonchev–Trinajstić information content (AvgIpc) is 2.66. The van der Waals surface area contributed by atoms with Gasteiger partial charge in [0.05, 0.1) is 44.1 Å². The van der Waals surface area contributed by atoms with Crippen LogP contribution >= 0.6 is 0 Å². The summed E-state index contributed by atoms with van der Waals surface area (Å²) in [4.78, 5) is 16.6. The van der Waals surface area contributed by atoms with Crippen LogP contribution in [0.5, 0.6) is 11.5 Å². The highest BCUT2D eigenvalue weighted by Crippen LogP contribution is 2.18. The van der Waals surface area contributed by atoms with Crippen molar-refractivity contribution < 1.29 is 14.2 Å². The molecule has 25 heavy (non-hydrogen) atoms. The zero-order chi connectivity index (χ0) is 17.5. The molecular weight excluding hydrogens is 320 g/mol. The first-order valence-corrected chi connectivity index (χ1v) is 8.07. The van der Waals surface area contributed by atoms with E-state index in [9.17, 15) is 4.79 Å². The summed E-state index contributed by atoms with van der Waals surface area (Å²) in [6.45, 7) is 1.74. The lowest BCUT2D eigenvalue weighted by atomic mass is 10.2. The minimum absolute atomic E-state index is 0.0539. The second kappa shape index (κ2) is 8.30. The van der Waals surface area contributed by atoms with E-state index in [2.05, 4.69) is 4.98 Å². The first-order valence-electron chi connectivity index (χ1n) is 8.07. The van der Waals surface area contributed by atoms with E-state index in [4.69, 9.17) is 14.2 Å². The van der Waals surface area contributed by atoms with Crippen molar-refractivity contribution in [2.24, 2.45) is 0 Å². The van der Waals surface area contributed by atoms with E-state index in [0.717, 1.165) is 11.5 Å². The summed E-state index contributed by atoms with van der Waals surface area (Å²) in [6.07, 6.45) is 1.56. The van der Waals surface area contributed by atoms with Crippen LogP contribution in [0.3, 0.4) is 0 Å². The Morgan fingerprint density at radius 2 is 1.84 bits per heavy atom. The number of nitrogens with zero attached hydrogens (tertiary/aromatic N) is 2. The van der Waals surface area contributed by atoms with Gasteiger partial charge in [0.2, 0.25) is 0 Å². The molecule has 6 nitrogen and oxygen atoms in total. The lowest BCUT2D eigenvalue weighted by Gasteiger charge is -2.09. The van der Waals surface area contributed by atoms with Gasteiger partial charge in [-0.25, -0.2) is 4.98 Å². The maximum absolute atomic E-state index is 12.3. The quantitative estimate of drug-likeness (QED) is 0.590. The summed E-state index contributed by atoms with van der Waals surface area (Å²) in [5, 5.41) is 0.617. The minimum Gasteiger partial charge on any atom is -0.497 e. The number of aromatic nitrogens is 2. The molecule has 1 heterocycles. The molecule has 0 amide bonds. The van der Waals surface area contributed by atoms with Crippen LogP contribution in [0.1, 0.15) is 0 Å². The van der Waals surface area contributed by atoms with Crippen molar-refractivity contribution in [2.75, 3.05) is 26.9 Å². The molecule has 0 spiro atoms. The van der Waals surface area contributed by atoms with Crippen molar-refractivity contribution in [1.29, 1.82) is 0 Å². The molecule has 0 saturated heterocycles. The number of benzene rings is 2. The van der Waals surface area contributed by atoms with E-state index >= 15 is 0 Å². The molecule has 6 heteroatoms. The van der Waals surface area contributed by atoms with Crippen LogP contribution in [0.25, 0.3) is 10.9 Å². The Labute approximate surface area is 145 Å². The standard InChI is InChI=1S/C19H20N2O4/c1-23-15-5-4-6-16(13-15)25-12-11-24-10-9-21-14-20-18-8-3-2-7-17(18)19(21)22/h2-8,13-14H,9-12H2,1H3. The number of fused-ring (bicyclic) bond motifs is 1. The molecule has 0 radical (unpaired) electrons. The van der Waals surface area contributed by atoms with Gasteiger partial charge in [-0.05, 0) is 24.3 Å². The lowest BCUT2D eigenvalue weighted by molar-refractivity contribution is 0.0937. The molecule has 0 atom stereocenters. The zero-order valence-electron chi connectivity index (χ0n) is 14.1. The molecule has 3 aromatic rings. The highest BCUT2D eigenvalue weighted by Gasteiger charge is 2.03. The summed E-state index contributed by atoms with van der Waals surface area (Å²) in [5.74, 6) is 1.49. The van der Waals surface area contributed by atoms with E-state index < -0.39 is 0 Å². The van der Waals surface area contributed by atoms with Gasteiger partial charge in [-0.15, -0.1) is 0 Å². The average molecular weight is 340 g/mol. The minimum atomic E-state index is -0.0539. The molecule has 2 aromatic carbocycles. The van der Waals surface area contributed by atoms with Crippen LogP contribution in [0.4, 0.5) is 0 Å². The number of hydrogen-bond donors (Lipinski definition) is 0. The molecule has 0 bridgehead atoms. The highest BCUT2D eigenvalue weighted by atomic mass is 16.5. The molecule has 3 rings (SSSR count). The van der Waals surface area contributed by atoms with Crippen molar-refractivity contribution in [3.05, 3.63) is 65.2 Å². The molecule has 0 aliphatic heterocycles. The van der Waals surface area contributed by atoms with Crippen LogP contribution in [0.2, 0.25) is 0 Å². The Balaban J connectivity index is 1.44. The second-order valence-corrected chi connectivity index (χ2v) is 5.40. The fraction of sp³-hybridized carbons (Fsp3) is 0.263. The predicted molar refractivity (Wildman–Crippen MR) is 95.3 cm³/mol. The second-order valence-electron chi connectivity index (χ2n) is 5.40. The first kappa shape index (κ1) is 17.0. The number of para-hydroxylation sites is 1. The third-order valence-corrected chi connectivity index (χ3v) is 3.75. The first-order chi connectivity index (χ1) is 12.3. The maximum atomic E-state index is 12.3. The molecule has 1 aromatic heterocycles. The highest BCUT2D eigenvalue weighted by molar-refractivity contribution is 5.76. The largest absolute Gasteiger partial charge is 0.497 e. The van der Waals surface area contributed by atoms with E-state index in [-0.39, 0.29) is 5.56 Å². The lowest BCUT2D eigenvalue weighted by Crippen LogP contribution is -2.23. The Morgan fingerprint density at radius 1 is 1.00 bits per heavy atom. The van der Waals surface area contributed by atoms with Crippen LogP contribution in [0.15, 0.2) is 59.7 Å². The van der Waals surface area contributed by atoms with Crippen molar-refractivity contribution in [2.45, 2.75) is 6.54 Å². The Morgan fingerprint density at radius 3 is 2.72 bits per heavy atom. The van der Waals surface area contributed by atoms with Crippen molar-refractivity contribution in [3.8, 4) is 11.5 Å². The third-order valence-electron chi connectivity index (χ3n) is 3.75. The molecule has 0 N–H and O–H groups in total. The molecule has 0 saturated carbocycles. The van der Waals surface area contributed by atoms with Crippen molar-refractivity contribution in [3.63, 3.8) is 0 Å². The van der Waals surface area contributed by atoms with Gasteiger partial charge in [-0.3, -0.25) is 9.36 Å². The fourth-order valence-corrected chi connectivity index (χ4v) is 2.44. The number of rotatable bonds is 8. The van der Waals surface area contributed by atoms with E-state index in [1.54, 1.807) is 24.1 Å². The number of methoxy groups -OCH3 is 1. The Kier molecular flexibility index (Phi) is 5.64. The topological polar surface area (TPSA) is 62.6 Å². The van der Waals surface area contributed by atoms with E-state index in [1.807, 2.05) is 42.5 Å². The molecule has 130 valence electrons. The third kappa shape index (κ3) is 4.36. The summed E-state index contributed by atoms with van der Waals surface area (Å²) < 4.78 is 17.8. The smallest absolute Gasteiger partial charge is 0.261 e. The monoisotopic (exact) mass is 340 g/mol. The summed E-state index contributed by atoms with van der Waals surface area (Å²) >= 11 is 0. The molecular formula is C19H20N2O4. The molecule has 0 aliphatic rings. The van der Waals surface area contributed by atoms with Gasteiger partial charge in [-0.2, -0.15) is 0 Å².